The van der Waals surface area contributed by atoms with Crippen LogP contribution in [0.15, 0.2) is 53.3 Å². The van der Waals surface area contributed by atoms with Gasteiger partial charge in [-0.15, -0.1) is 0 Å². The summed E-state index contributed by atoms with van der Waals surface area (Å²) in [7, 11) is 1.60. The molecule has 1 unspecified atom stereocenters. The standard InChI is InChI=1S/C25H32ClNO5/c1-3-32-25(29)20-10-7-11-22(24(20)28)27(23-16-19(30-2)12-13-21(23)26)14-15-31-17-18-8-5-4-6-9-18/h5,8-9,12-13,16,22,28H,3-4,6-7,10-11,14-15,17H2,1-2H3. The Morgan fingerprint density at radius 1 is 1.31 bits per heavy atom. The topological polar surface area (TPSA) is 68.2 Å². The number of anilines is 1. The molecular formula is C25H32ClNO5. The van der Waals surface area contributed by atoms with Crippen molar-refractivity contribution < 1.29 is 24.1 Å². The number of allylic oxidation sites excluding steroid dienone is 2. The van der Waals surface area contributed by atoms with E-state index in [0.29, 0.717) is 48.9 Å². The maximum absolute atomic E-state index is 12.4. The molecule has 0 heterocycles. The van der Waals surface area contributed by atoms with Crippen LogP contribution in [0, 0.1) is 0 Å². The minimum absolute atomic E-state index is 0.0477. The molecule has 3 rings (SSSR count). The second-order valence-corrected chi connectivity index (χ2v) is 8.22. The highest BCUT2D eigenvalue weighted by atomic mass is 35.5. The van der Waals surface area contributed by atoms with E-state index in [1.807, 2.05) is 11.0 Å². The van der Waals surface area contributed by atoms with Crippen LogP contribution in [0.2, 0.25) is 5.02 Å². The average molecular weight is 462 g/mol. The predicted molar refractivity (Wildman–Crippen MR) is 127 cm³/mol. The Hall–Kier alpha value is -2.44. The van der Waals surface area contributed by atoms with E-state index in [4.69, 9.17) is 25.8 Å². The van der Waals surface area contributed by atoms with Gasteiger partial charge >= 0.3 is 5.97 Å². The molecule has 0 amide bonds. The third-order valence-corrected chi connectivity index (χ3v) is 6.03. The Bertz CT molecular complexity index is 892. The van der Waals surface area contributed by atoms with E-state index >= 15 is 0 Å². The Morgan fingerprint density at radius 3 is 2.88 bits per heavy atom. The molecule has 32 heavy (non-hydrogen) atoms. The molecule has 7 heteroatoms. The molecule has 0 spiro atoms. The highest BCUT2D eigenvalue weighted by molar-refractivity contribution is 6.33. The molecule has 0 fully saturated rings. The van der Waals surface area contributed by atoms with Crippen LogP contribution in [0.25, 0.3) is 0 Å². The van der Waals surface area contributed by atoms with Crippen molar-refractivity contribution in [3.63, 3.8) is 0 Å². The van der Waals surface area contributed by atoms with Gasteiger partial charge in [-0.1, -0.05) is 29.8 Å². The van der Waals surface area contributed by atoms with Crippen LogP contribution in [0.1, 0.15) is 39.0 Å². The van der Waals surface area contributed by atoms with Crippen LogP contribution in [0.3, 0.4) is 0 Å². The van der Waals surface area contributed by atoms with Gasteiger partial charge in [0.15, 0.2) is 0 Å². The first-order chi connectivity index (χ1) is 15.5. The third kappa shape index (κ3) is 6.08. The number of ether oxygens (including phenoxy) is 3. The van der Waals surface area contributed by atoms with Gasteiger partial charge in [-0.2, -0.15) is 0 Å². The SMILES string of the molecule is CCOC(=O)C1=C(O)C(N(CCOCC2=CCCC=C2)c2cc(OC)ccc2Cl)CCC1. The zero-order valence-electron chi connectivity index (χ0n) is 18.8. The number of methoxy groups -OCH3 is 1. The van der Waals surface area contributed by atoms with Gasteiger partial charge in [0.25, 0.3) is 0 Å². The van der Waals surface area contributed by atoms with E-state index in [1.54, 1.807) is 26.2 Å². The second kappa shape index (κ2) is 12.0. The molecule has 2 aliphatic carbocycles. The summed E-state index contributed by atoms with van der Waals surface area (Å²) in [6.07, 6.45) is 10.5. The van der Waals surface area contributed by atoms with Crippen LogP contribution in [-0.2, 0) is 14.3 Å². The Morgan fingerprint density at radius 2 is 2.16 bits per heavy atom. The molecule has 1 aromatic rings. The van der Waals surface area contributed by atoms with Crippen LogP contribution >= 0.6 is 11.6 Å². The molecule has 2 aliphatic rings. The largest absolute Gasteiger partial charge is 0.510 e. The van der Waals surface area contributed by atoms with Crippen LogP contribution in [0.5, 0.6) is 5.75 Å². The Balaban J connectivity index is 1.83. The lowest BCUT2D eigenvalue weighted by Gasteiger charge is -2.36. The van der Waals surface area contributed by atoms with E-state index in [9.17, 15) is 9.90 Å². The lowest BCUT2D eigenvalue weighted by atomic mass is 9.92. The van der Waals surface area contributed by atoms with Gasteiger partial charge in [-0.05, 0) is 56.7 Å². The van der Waals surface area contributed by atoms with Crippen molar-refractivity contribution in [2.24, 2.45) is 0 Å². The maximum atomic E-state index is 12.4. The van der Waals surface area contributed by atoms with Gasteiger partial charge in [0.05, 0.1) is 49.3 Å². The summed E-state index contributed by atoms with van der Waals surface area (Å²) in [5.41, 5.74) is 2.24. The van der Waals surface area contributed by atoms with E-state index in [1.165, 1.54) is 5.57 Å². The third-order valence-electron chi connectivity index (χ3n) is 5.71. The number of hydrogen-bond acceptors (Lipinski definition) is 6. The van der Waals surface area contributed by atoms with Crippen molar-refractivity contribution in [3.05, 3.63) is 58.4 Å². The number of esters is 1. The van der Waals surface area contributed by atoms with Crippen LogP contribution in [0.4, 0.5) is 5.69 Å². The number of carbonyl (C=O) groups excluding carboxylic acids is 1. The number of hydrogen-bond donors (Lipinski definition) is 1. The molecule has 0 bridgehead atoms. The number of aliphatic hydroxyl groups is 1. The first kappa shape index (κ1) is 24.2. The summed E-state index contributed by atoms with van der Waals surface area (Å²) in [6.45, 7) is 3.50. The van der Waals surface area contributed by atoms with Crippen molar-refractivity contribution in [3.8, 4) is 5.75 Å². The van der Waals surface area contributed by atoms with Gasteiger partial charge in [0.1, 0.15) is 11.5 Å². The zero-order chi connectivity index (χ0) is 22.9. The normalized spacial score (nSPS) is 18.3. The first-order valence-corrected chi connectivity index (χ1v) is 11.6. The first-order valence-electron chi connectivity index (χ1n) is 11.2. The van der Waals surface area contributed by atoms with E-state index in [0.717, 1.165) is 24.9 Å². The van der Waals surface area contributed by atoms with Crippen LogP contribution in [-0.4, -0.2) is 50.6 Å². The molecular weight excluding hydrogens is 430 g/mol. The predicted octanol–water partition coefficient (Wildman–Crippen LogP) is 5.38. The fourth-order valence-electron chi connectivity index (χ4n) is 4.08. The molecule has 1 atom stereocenters. The summed E-state index contributed by atoms with van der Waals surface area (Å²) < 4.78 is 16.5. The quantitative estimate of drug-likeness (QED) is 0.373. The minimum atomic E-state index is -0.460. The fraction of sp³-hybridized carbons (Fsp3) is 0.480. The highest BCUT2D eigenvalue weighted by Gasteiger charge is 2.32. The summed E-state index contributed by atoms with van der Waals surface area (Å²) in [5, 5.41) is 11.6. The summed E-state index contributed by atoms with van der Waals surface area (Å²) >= 11 is 6.55. The second-order valence-electron chi connectivity index (χ2n) is 7.81. The van der Waals surface area contributed by atoms with Crippen LogP contribution < -0.4 is 9.64 Å². The van der Waals surface area contributed by atoms with Gasteiger partial charge in [-0.25, -0.2) is 4.79 Å². The van der Waals surface area contributed by atoms with Crippen molar-refractivity contribution in [1.29, 1.82) is 0 Å². The molecule has 6 nitrogen and oxygen atoms in total. The summed E-state index contributed by atoms with van der Waals surface area (Å²) in [6, 6.07) is 5.02. The number of nitrogens with zero attached hydrogens (tertiary/aromatic N) is 1. The highest BCUT2D eigenvalue weighted by Crippen LogP contribution is 2.36. The molecule has 0 saturated heterocycles. The fourth-order valence-corrected chi connectivity index (χ4v) is 4.30. The number of aliphatic hydroxyl groups excluding tert-OH is 1. The number of halogens is 1. The van der Waals surface area contributed by atoms with Crippen molar-refractivity contribution in [2.75, 3.05) is 38.4 Å². The minimum Gasteiger partial charge on any atom is -0.510 e. The zero-order valence-corrected chi connectivity index (χ0v) is 19.6. The van der Waals surface area contributed by atoms with Crippen molar-refractivity contribution in [1.82, 2.24) is 0 Å². The van der Waals surface area contributed by atoms with Crippen molar-refractivity contribution >= 4 is 23.3 Å². The Kier molecular flexibility index (Phi) is 9.06. The molecule has 0 aromatic heterocycles. The number of benzene rings is 1. The van der Waals surface area contributed by atoms with Gasteiger partial charge < -0.3 is 24.2 Å². The number of rotatable bonds is 10. The van der Waals surface area contributed by atoms with Crippen molar-refractivity contribution in [2.45, 2.75) is 45.1 Å². The average Bonchev–Trinajstić information content (AvgIpc) is 2.81. The lowest BCUT2D eigenvalue weighted by molar-refractivity contribution is -0.139. The van der Waals surface area contributed by atoms with E-state index in [2.05, 4.69) is 18.2 Å². The molecule has 174 valence electrons. The lowest BCUT2D eigenvalue weighted by Crippen LogP contribution is -2.42. The maximum Gasteiger partial charge on any atom is 0.337 e. The smallest absolute Gasteiger partial charge is 0.337 e. The van der Waals surface area contributed by atoms with Gasteiger partial charge in [0.2, 0.25) is 0 Å². The van der Waals surface area contributed by atoms with Gasteiger partial charge in [-0.3, -0.25) is 0 Å². The molecule has 0 saturated carbocycles. The monoisotopic (exact) mass is 461 g/mol. The molecule has 1 aromatic carbocycles. The Labute approximate surface area is 195 Å². The number of carbonyl (C=O) groups is 1. The van der Waals surface area contributed by atoms with Gasteiger partial charge in [0, 0.05) is 12.6 Å². The van der Waals surface area contributed by atoms with E-state index in [-0.39, 0.29) is 12.4 Å². The molecule has 0 radical (unpaired) electrons. The summed E-state index contributed by atoms with van der Waals surface area (Å²) in [4.78, 5) is 14.4. The summed E-state index contributed by atoms with van der Waals surface area (Å²) in [5.74, 6) is 0.253. The molecule has 1 N–H and O–H groups in total. The molecule has 0 aliphatic heterocycles. The van der Waals surface area contributed by atoms with E-state index < -0.39 is 12.0 Å².